The number of sulfonamides is 1. The minimum absolute atomic E-state index is 0.114. The topological polar surface area (TPSA) is 64.6 Å². The first kappa shape index (κ1) is 16.9. The van der Waals surface area contributed by atoms with E-state index in [-0.39, 0.29) is 4.90 Å². The molecule has 0 saturated heterocycles. The van der Waals surface area contributed by atoms with Gasteiger partial charge in [0, 0.05) is 9.64 Å². The highest BCUT2D eigenvalue weighted by molar-refractivity contribution is 14.1. The number of ether oxygens (including phenoxy) is 2. The molecule has 0 radical (unpaired) electrons. The molecule has 5 nitrogen and oxygen atoms in total. The number of aryl methyl sites for hydroxylation is 1. The molecule has 0 bridgehead atoms. The molecule has 0 amide bonds. The number of hydrogen-bond acceptors (Lipinski definition) is 4. The summed E-state index contributed by atoms with van der Waals surface area (Å²) in [6, 6.07) is 9.98. The molecule has 2 rings (SSSR count). The summed E-state index contributed by atoms with van der Waals surface area (Å²) in [5.41, 5.74) is 1.41. The highest BCUT2D eigenvalue weighted by atomic mass is 127. The predicted molar refractivity (Wildman–Crippen MR) is 94.3 cm³/mol. The minimum atomic E-state index is -3.69. The van der Waals surface area contributed by atoms with Crippen LogP contribution in [-0.2, 0) is 10.0 Å². The van der Waals surface area contributed by atoms with Gasteiger partial charge in [0.15, 0.2) is 11.5 Å². The lowest BCUT2D eigenvalue weighted by atomic mass is 10.2. The number of hydrogen-bond donors (Lipinski definition) is 1. The van der Waals surface area contributed by atoms with Gasteiger partial charge in [0.05, 0.1) is 24.8 Å². The second kappa shape index (κ2) is 6.74. The zero-order valence-electron chi connectivity index (χ0n) is 12.4. The van der Waals surface area contributed by atoms with Crippen LogP contribution in [0.3, 0.4) is 0 Å². The zero-order chi connectivity index (χ0) is 16.3. The van der Waals surface area contributed by atoms with E-state index in [4.69, 9.17) is 9.47 Å². The molecule has 0 aromatic heterocycles. The van der Waals surface area contributed by atoms with Crippen molar-refractivity contribution in [1.29, 1.82) is 0 Å². The molecule has 118 valence electrons. The number of benzene rings is 2. The molecule has 0 aliphatic carbocycles. The third kappa shape index (κ3) is 3.64. The molecule has 0 heterocycles. The van der Waals surface area contributed by atoms with Gasteiger partial charge in [-0.05, 0) is 65.4 Å². The summed E-state index contributed by atoms with van der Waals surface area (Å²) >= 11 is 2.18. The molecule has 0 fully saturated rings. The Hall–Kier alpha value is -1.48. The summed E-state index contributed by atoms with van der Waals surface area (Å²) < 4.78 is 38.9. The van der Waals surface area contributed by atoms with Gasteiger partial charge in [-0.15, -0.1) is 0 Å². The van der Waals surface area contributed by atoms with Gasteiger partial charge in [-0.25, -0.2) is 8.42 Å². The van der Waals surface area contributed by atoms with Crippen LogP contribution in [0.15, 0.2) is 41.3 Å². The number of methoxy groups -OCH3 is 2. The van der Waals surface area contributed by atoms with Crippen molar-refractivity contribution in [1.82, 2.24) is 0 Å². The zero-order valence-corrected chi connectivity index (χ0v) is 15.4. The molecular weight excluding hydrogens is 417 g/mol. The number of nitrogens with one attached hydrogen (secondary N) is 1. The lowest BCUT2D eigenvalue weighted by Gasteiger charge is -2.13. The van der Waals surface area contributed by atoms with Gasteiger partial charge < -0.3 is 9.47 Å². The van der Waals surface area contributed by atoms with Crippen LogP contribution in [0.2, 0.25) is 0 Å². The Kier molecular flexibility index (Phi) is 5.17. The van der Waals surface area contributed by atoms with Gasteiger partial charge in [-0.3, -0.25) is 4.72 Å². The van der Waals surface area contributed by atoms with E-state index in [0.29, 0.717) is 17.2 Å². The monoisotopic (exact) mass is 433 g/mol. The average Bonchev–Trinajstić information content (AvgIpc) is 2.49. The number of rotatable bonds is 5. The first-order valence-corrected chi connectivity index (χ1v) is 8.94. The van der Waals surface area contributed by atoms with Crippen molar-refractivity contribution in [3.8, 4) is 11.5 Å². The van der Waals surface area contributed by atoms with Crippen molar-refractivity contribution in [2.75, 3.05) is 18.9 Å². The summed E-state index contributed by atoms with van der Waals surface area (Å²) in [5.74, 6) is 0.844. The summed E-state index contributed by atoms with van der Waals surface area (Å²) in [6.07, 6.45) is 0. The quantitative estimate of drug-likeness (QED) is 0.735. The highest BCUT2D eigenvalue weighted by Gasteiger charge is 2.18. The van der Waals surface area contributed by atoms with Gasteiger partial charge in [0.1, 0.15) is 0 Å². The Morgan fingerprint density at radius 3 is 2.27 bits per heavy atom. The molecule has 1 N–H and O–H groups in total. The van der Waals surface area contributed by atoms with Crippen LogP contribution in [0.4, 0.5) is 5.69 Å². The smallest absolute Gasteiger partial charge is 0.262 e. The maximum absolute atomic E-state index is 12.5. The molecule has 22 heavy (non-hydrogen) atoms. The Labute approximate surface area is 143 Å². The Bertz CT molecular complexity index is 790. The number of anilines is 1. The molecular formula is C15H16INO4S. The van der Waals surface area contributed by atoms with Gasteiger partial charge in [-0.2, -0.15) is 0 Å². The van der Waals surface area contributed by atoms with Crippen LogP contribution in [0.5, 0.6) is 11.5 Å². The van der Waals surface area contributed by atoms with Gasteiger partial charge in [0.2, 0.25) is 0 Å². The van der Waals surface area contributed by atoms with Crippen molar-refractivity contribution in [3.63, 3.8) is 0 Å². The van der Waals surface area contributed by atoms with Crippen molar-refractivity contribution >= 4 is 38.3 Å². The van der Waals surface area contributed by atoms with Crippen LogP contribution in [0.1, 0.15) is 5.56 Å². The minimum Gasteiger partial charge on any atom is -0.493 e. The third-order valence-corrected chi connectivity index (χ3v) is 5.13. The van der Waals surface area contributed by atoms with E-state index in [9.17, 15) is 8.42 Å². The Morgan fingerprint density at radius 2 is 1.68 bits per heavy atom. The van der Waals surface area contributed by atoms with E-state index in [1.165, 1.54) is 26.4 Å². The van der Waals surface area contributed by atoms with Crippen LogP contribution >= 0.6 is 22.6 Å². The normalized spacial score (nSPS) is 11.1. The van der Waals surface area contributed by atoms with Crippen molar-refractivity contribution in [2.45, 2.75) is 11.8 Å². The lowest BCUT2D eigenvalue weighted by Crippen LogP contribution is -2.14. The van der Waals surface area contributed by atoms with Gasteiger partial charge in [-0.1, -0.05) is 0 Å². The summed E-state index contributed by atoms with van der Waals surface area (Å²) in [6.45, 7) is 1.86. The second-order valence-corrected chi connectivity index (χ2v) is 7.51. The van der Waals surface area contributed by atoms with Crippen molar-refractivity contribution < 1.29 is 17.9 Å². The lowest BCUT2D eigenvalue weighted by molar-refractivity contribution is 0.354. The van der Waals surface area contributed by atoms with E-state index >= 15 is 0 Å². The third-order valence-electron chi connectivity index (χ3n) is 3.10. The fourth-order valence-electron chi connectivity index (χ4n) is 1.93. The van der Waals surface area contributed by atoms with Crippen LogP contribution in [0, 0.1) is 10.5 Å². The first-order chi connectivity index (χ1) is 10.4. The van der Waals surface area contributed by atoms with E-state index in [1.807, 2.05) is 19.1 Å². The molecule has 2 aromatic carbocycles. The SMILES string of the molecule is COc1ccc(S(=O)(=O)Nc2ccc(I)cc2C)cc1OC. The van der Waals surface area contributed by atoms with E-state index in [2.05, 4.69) is 27.3 Å². The Balaban J connectivity index is 2.38. The summed E-state index contributed by atoms with van der Waals surface area (Å²) in [7, 11) is -0.732. The van der Waals surface area contributed by atoms with Crippen LogP contribution in [-0.4, -0.2) is 22.6 Å². The standard InChI is InChI=1S/C15H16INO4S/c1-10-8-11(16)4-6-13(10)17-22(18,19)12-5-7-14(20-2)15(9-12)21-3/h4-9,17H,1-3H3. The summed E-state index contributed by atoms with van der Waals surface area (Å²) in [4.78, 5) is 0.114. The molecule has 2 aromatic rings. The van der Waals surface area contributed by atoms with Crippen LogP contribution in [0.25, 0.3) is 0 Å². The van der Waals surface area contributed by atoms with Gasteiger partial charge in [0.25, 0.3) is 10.0 Å². The average molecular weight is 433 g/mol. The van der Waals surface area contributed by atoms with Crippen molar-refractivity contribution in [3.05, 3.63) is 45.5 Å². The van der Waals surface area contributed by atoms with Crippen molar-refractivity contribution in [2.24, 2.45) is 0 Å². The molecule has 0 aliphatic heterocycles. The van der Waals surface area contributed by atoms with E-state index in [1.54, 1.807) is 12.1 Å². The maximum Gasteiger partial charge on any atom is 0.262 e. The Morgan fingerprint density at radius 1 is 1.00 bits per heavy atom. The predicted octanol–water partition coefficient (Wildman–Crippen LogP) is 3.42. The van der Waals surface area contributed by atoms with Crippen LogP contribution < -0.4 is 14.2 Å². The molecule has 0 spiro atoms. The molecule has 0 aliphatic rings. The molecule has 0 unspecified atom stereocenters. The molecule has 7 heteroatoms. The summed E-state index contributed by atoms with van der Waals surface area (Å²) in [5, 5.41) is 0. The molecule has 0 saturated carbocycles. The van der Waals surface area contributed by atoms with Gasteiger partial charge >= 0.3 is 0 Å². The first-order valence-electron chi connectivity index (χ1n) is 6.38. The fourth-order valence-corrected chi connectivity index (χ4v) is 3.72. The number of halogens is 1. The highest BCUT2D eigenvalue weighted by Crippen LogP contribution is 2.30. The maximum atomic E-state index is 12.5. The largest absolute Gasteiger partial charge is 0.493 e. The van der Waals surface area contributed by atoms with E-state index in [0.717, 1.165) is 9.13 Å². The fraction of sp³-hybridized carbons (Fsp3) is 0.200. The molecule has 0 atom stereocenters. The van der Waals surface area contributed by atoms with E-state index < -0.39 is 10.0 Å². The second-order valence-electron chi connectivity index (χ2n) is 4.58.